The van der Waals surface area contributed by atoms with Crippen molar-refractivity contribution >= 4 is 57.6 Å². The Balaban J connectivity index is 1.68. The highest BCUT2D eigenvalue weighted by Gasteiger charge is 2.54. The van der Waals surface area contributed by atoms with Crippen LogP contribution in [0.15, 0.2) is 28.9 Å². The van der Waals surface area contributed by atoms with Gasteiger partial charge in [0.05, 0.1) is 6.54 Å². The molecule has 1 unspecified atom stereocenters. The molecule has 0 aromatic rings. The average molecular weight is 415 g/mol. The van der Waals surface area contributed by atoms with E-state index < -0.39 is 29.3 Å². The molecule has 0 spiro atoms. The number of thioether (sulfide) groups is 3. The summed E-state index contributed by atoms with van der Waals surface area (Å²) in [4.78, 5) is 41.6. The third-order valence-electron chi connectivity index (χ3n) is 3.87. The number of hydrogen-bond acceptors (Lipinski definition) is 7. The highest BCUT2D eigenvalue weighted by molar-refractivity contribution is 8.39. The number of nitrogens with zero attached hydrogens (tertiary/aromatic N) is 2. The number of fused-ring (bicyclic) bond motifs is 1. The molecular formula is C15H18N4O4S3. The van der Waals surface area contributed by atoms with Crippen molar-refractivity contribution in [1.82, 2.24) is 15.5 Å². The number of amides is 3. The first-order valence-electron chi connectivity index (χ1n) is 7.88. The van der Waals surface area contributed by atoms with Gasteiger partial charge in [-0.1, -0.05) is 29.6 Å². The van der Waals surface area contributed by atoms with Gasteiger partial charge >= 0.3 is 12.0 Å². The average Bonchev–Trinajstić information content (AvgIpc) is 3.15. The molecule has 1 saturated heterocycles. The molecule has 0 aromatic heterocycles. The van der Waals surface area contributed by atoms with Gasteiger partial charge in [-0.25, -0.2) is 9.59 Å². The van der Waals surface area contributed by atoms with E-state index in [0.717, 1.165) is 16.7 Å². The van der Waals surface area contributed by atoms with Crippen LogP contribution >= 0.6 is 35.3 Å². The van der Waals surface area contributed by atoms with Crippen molar-refractivity contribution in [2.24, 2.45) is 4.99 Å². The van der Waals surface area contributed by atoms with Crippen molar-refractivity contribution in [1.29, 1.82) is 0 Å². The molecule has 3 aliphatic heterocycles. The van der Waals surface area contributed by atoms with Gasteiger partial charge in [-0.3, -0.25) is 14.7 Å². The summed E-state index contributed by atoms with van der Waals surface area (Å²) < 4.78 is 0.961. The van der Waals surface area contributed by atoms with Crippen molar-refractivity contribution in [2.75, 3.05) is 30.3 Å². The first-order chi connectivity index (χ1) is 12.5. The Kier molecular flexibility index (Phi) is 6.20. The molecule has 3 rings (SSSR count). The van der Waals surface area contributed by atoms with Gasteiger partial charge in [0.15, 0.2) is 0 Å². The van der Waals surface area contributed by atoms with E-state index in [1.54, 1.807) is 11.8 Å². The fraction of sp³-hybridized carbons (Fsp3) is 0.467. The molecule has 3 aliphatic rings. The number of carboxylic acids is 1. The van der Waals surface area contributed by atoms with Crippen molar-refractivity contribution in [3.63, 3.8) is 0 Å². The van der Waals surface area contributed by atoms with Gasteiger partial charge in [0.2, 0.25) is 0 Å². The molecular weight excluding hydrogens is 396 g/mol. The molecule has 11 heteroatoms. The highest BCUT2D eigenvalue weighted by atomic mass is 32.2. The smallest absolute Gasteiger partial charge is 0.352 e. The summed E-state index contributed by atoms with van der Waals surface area (Å²) in [7, 11) is 0. The van der Waals surface area contributed by atoms with Crippen LogP contribution in [0.25, 0.3) is 0 Å². The minimum absolute atomic E-state index is 0.0411. The first kappa shape index (κ1) is 19.2. The highest BCUT2D eigenvalue weighted by Crippen LogP contribution is 2.41. The zero-order chi connectivity index (χ0) is 18.7. The fourth-order valence-electron chi connectivity index (χ4n) is 2.70. The van der Waals surface area contributed by atoms with Gasteiger partial charge in [0.25, 0.3) is 5.91 Å². The predicted molar refractivity (Wildman–Crippen MR) is 105 cm³/mol. The lowest BCUT2D eigenvalue weighted by Crippen LogP contribution is -2.71. The monoisotopic (exact) mass is 414 g/mol. The molecule has 3 N–H and O–H groups in total. The first-order valence-corrected chi connectivity index (χ1v) is 10.9. The third-order valence-corrected chi connectivity index (χ3v) is 7.55. The van der Waals surface area contributed by atoms with Gasteiger partial charge in [0.1, 0.15) is 21.5 Å². The fourth-order valence-corrected chi connectivity index (χ4v) is 6.20. The second kappa shape index (κ2) is 8.40. The summed E-state index contributed by atoms with van der Waals surface area (Å²) in [5.74, 6) is 0.441. The van der Waals surface area contributed by atoms with Crippen LogP contribution in [0.1, 0.15) is 0 Å². The van der Waals surface area contributed by atoms with Crippen molar-refractivity contribution < 1.29 is 19.5 Å². The third kappa shape index (κ3) is 3.89. The van der Waals surface area contributed by atoms with E-state index in [4.69, 9.17) is 0 Å². The Morgan fingerprint density at radius 3 is 2.96 bits per heavy atom. The van der Waals surface area contributed by atoms with E-state index in [9.17, 15) is 19.5 Å². The van der Waals surface area contributed by atoms with Crippen LogP contribution in [0.2, 0.25) is 0 Å². The normalized spacial score (nSPS) is 24.5. The van der Waals surface area contributed by atoms with Gasteiger partial charge in [-0.2, -0.15) is 0 Å². The maximum absolute atomic E-state index is 12.4. The molecule has 2 atom stereocenters. The maximum atomic E-state index is 12.4. The molecule has 3 heterocycles. The number of aliphatic carboxylic acids is 1. The van der Waals surface area contributed by atoms with Crippen LogP contribution in [-0.4, -0.2) is 74.1 Å². The van der Waals surface area contributed by atoms with Crippen LogP contribution in [-0.2, 0) is 9.59 Å². The van der Waals surface area contributed by atoms with E-state index in [2.05, 4.69) is 22.2 Å². The zero-order valence-corrected chi connectivity index (χ0v) is 16.2. The number of rotatable bonds is 6. The molecule has 26 heavy (non-hydrogen) atoms. The molecule has 0 bridgehead atoms. The minimum atomic E-state index is -1.12. The Bertz CT molecular complexity index is 709. The molecule has 140 valence electrons. The summed E-state index contributed by atoms with van der Waals surface area (Å²) in [5, 5.41) is 14.4. The van der Waals surface area contributed by atoms with Crippen LogP contribution in [0.4, 0.5) is 4.79 Å². The number of aliphatic imine (C=N–C) groups is 1. The summed E-state index contributed by atoms with van der Waals surface area (Å²) in [6.07, 6.45) is 1.53. The van der Waals surface area contributed by atoms with Crippen molar-refractivity contribution in [3.05, 3.63) is 23.9 Å². The van der Waals surface area contributed by atoms with Gasteiger partial charge in [-0.15, -0.1) is 18.3 Å². The van der Waals surface area contributed by atoms with Crippen molar-refractivity contribution in [3.8, 4) is 0 Å². The Labute approximate surface area is 163 Å². The van der Waals surface area contributed by atoms with Crippen molar-refractivity contribution in [2.45, 2.75) is 11.4 Å². The van der Waals surface area contributed by atoms with Crippen LogP contribution < -0.4 is 10.6 Å². The van der Waals surface area contributed by atoms with Gasteiger partial charge < -0.3 is 15.7 Å². The number of hydrogen-bond donors (Lipinski definition) is 3. The lowest BCUT2D eigenvalue weighted by atomic mass is 10.0. The predicted octanol–water partition coefficient (Wildman–Crippen LogP) is 0.930. The number of carbonyl (C=O) groups excluding carboxylic acids is 2. The molecule has 0 aliphatic carbocycles. The Morgan fingerprint density at radius 2 is 2.31 bits per heavy atom. The number of nitrogens with one attached hydrogen (secondary N) is 2. The Morgan fingerprint density at radius 1 is 1.50 bits per heavy atom. The lowest BCUT2D eigenvalue weighted by Gasteiger charge is -2.49. The molecule has 3 amide bonds. The van der Waals surface area contributed by atoms with Gasteiger partial charge in [-0.05, 0) is 5.57 Å². The van der Waals surface area contributed by atoms with E-state index in [1.807, 2.05) is 0 Å². The minimum Gasteiger partial charge on any atom is -0.477 e. The number of carbonyl (C=O) groups is 3. The van der Waals surface area contributed by atoms with E-state index in [-0.39, 0.29) is 12.2 Å². The summed E-state index contributed by atoms with van der Waals surface area (Å²) in [5.41, 5.74) is 0.751. The SMILES string of the molecule is C=CCNC(=O)NC1C(=O)N2C(C(=O)O)=C(CSC3=NCCS3)CS[C@H]12. The number of urea groups is 1. The van der Waals surface area contributed by atoms with E-state index >= 15 is 0 Å². The largest absolute Gasteiger partial charge is 0.477 e. The molecule has 1 fully saturated rings. The Hall–Kier alpha value is -1.59. The molecule has 0 aromatic carbocycles. The molecule has 0 saturated carbocycles. The lowest BCUT2D eigenvalue weighted by molar-refractivity contribution is -0.148. The maximum Gasteiger partial charge on any atom is 0.352 e. The summed E-state index contributed by atoms with van der Waals surface area (Å²) >= 11 is 4.64. The topological polar surface area (TPSA) is 111 Å². The van der Waals surface area contributed by atoms with Crippen LogP contribution in [0, 0.1) is 0 Å². The van der Waals surface area contributed by atoms with E-state index in [0.29, 0.717) is 17.1 Å². The summed E-state index contributed by atoms with van der Waals surface area (Å²) in [6, 6.07) is -1.19. The van der Waals surface area contributed by atoms with Crippen LogP contribution in [0.3, 0.4) is 0 Å². The second-order valence-corrected chi connectivity index (χ2v) is 8.98. The van der Waals surface area contributed by atoms with Gasteiger partial charge in [0, 0.05) is 23.8 Å². The second-order valence-electron chi connectivity index (χ2n) is 5.57. The molecule has 8 nitrogen and oxygen atoms in total. The zero-order valence-electron chi connectivity index (χ0n) is 13.8. The standard InChI is InChI=1S/C15H18N4O4S3/c1-2-3-16-14(23)18-9-11(20)19-10(13(21)22)8(6-25-12(9)19)7-26-15-17-4-5-24-15/h2,9,12H,1,3-7H2,(H,21,22)(H2,16,18,23)/t9?,12-/m1/s1. The summed E-state index contributed by atoms with van der Waals surface area (Å²) in [6.45, 7) is 4.59. The quantitative estimate of drug-likeness (QED) is 0.438. The van der Waals surface area contributed by atoms with Crippen LogP contribution in [0.5, 0.6) is 0 Å². The molecule has 0 radical (unpaired) electrons. The number of carboxylic acid groups (broad SMARTS) is 1. The van der Waals surface area contributed by atoms with E-state index in [1.165, 1.54) is 34.5 Å². The number of β-lactam (4-membered cyclic amide) rings is 1.